The Balaban J connectivity index is 2.75. The van der Waals surface area contributed by atoms with Crippen molar-refractivity contribution in [2.45, 2.75) is 56.9 Å². The number of sulfonamides is 1. The fraction of sp³-hybridized carbons (Fsp3) is 0.615. The number of nitrogens with zero attached hydrogens (tertiary/aromatic N) is 1. The van der Waals surface area contributed by atoms with Gasteiger partial charge in [0.25, 0.3) is 0 Å². The second-order valence-corrected chi connectivity index (χ2v) is 7.61. The van der Waals surface area contributed by atoms with E-state index >= 15 is 0 Å². The van der Waals surface area contributed by atoms with Gasteiger partial charge in [-0.05, 0) is 35.3 Å². The van der Waals surface area contributed by atoms with Gasteiger partial charge in [0.05, 0.1) is 0 Å². The van der Waals surface area contributed by atoms with Crippen LogP contribution in [0, 0.1) is 0 Å². The first kappa shape index (κ1) is 18.3. The lowest BCUT2D eigenvalue weighted by Gasteiger charge is -2.15. The van der Waals surface area contributed by atoms with E-state index < -0.39 is 10.0 Å². The molecule has 1 heterocycles. The van der Waals surface area contributed by atoms with Gasteiger partial charge in [0.1, 0.15) is 4.90 Å². The summed E-state index contributed by atoms with van der Waals surface area (Å²) in [5.41, 5.74) is 2.31. The predicted molar refractivity (Wildman–Crippen MR) is 88.3 cm³/mol. The molecule has 0 aliphatic heterocycles. The molecule has 0 aromatic carbocycles. The predicted octanol–water partition coefficient (Wildman–Crippen LogP) is 2.77. The van der Waals surface area contributed by atoms with Crippen LogP contribution >= 0.6 is 15.9 Å². The van der Waals surface area contributed by atoms with Crippen LogP contribution in [-0.2, 0) is 10.0 Å². The summed E-state index contributed by atoms with van der Waals surface area (Å²) >= 11 is 3.22. The van der Waals surface area contributed by atoms with E-state index in [9.17, 15) is 8.42 Å². The van der Waals surface area contributed by atoms with Gasteiger partial charge in [-0.3, -0.25) is 0 Å². The number of nitrogens with one attached hydrogen (secondary N) is 2. The van der Waals surface area contributed by atoms with Crippen molar-refractivity contribution < 1.29 is 8.42 Å². The molecule has 0 spiro atoms. The molecule has 0 aliphatic rings. The number of hydrogen-bond donors (Lipinski definition) is 3. The number of nitrogens with two attached hydrogens (primary N) is 1. The number of anilines is 1. The van der Waals surface area contributed by atoms with Crippen LogP contribution in [0.5, 0.6) is 0 Å². The van der Waals surface area contributed by atoms with Crippen LogP contribution in [-0.4, -0.2) is 19.4 Å². The molecule has 0 saturated heterocycles. The molecule has 1 atom stereocenters. The first-order valence-corrected chi connectivity index (χ1v) is 9.32. The summed E-state index contributed by atoms with van der Waals surface area (Å²) in [7, 11) is -3.65. The number of pyridine rings is 1. The maximum atomic E-state index is 12.4. The third-order valence-electron chi connectivity index (χ3n) is 3.09. The highest BCUT2D eigenvalue weighted by Crippen LogP contribution is 2.22. The Morgan fingerprint density at radius 2 is 2.10 bits per heavy atom. The van der Waals surface area contributed by atoms with Gasteiger partial charge in [0.2, 0.25) is 10.0 Å². The molecule has 1 unspecified atom stereocenters. The lowest BCUT2D eigenvalue weighted by Crippen LogP contribution is -2.33. The van der Waals surface area contributed by atoms with Crippen molar-refractivity contribution in [3.8, 4) is 0 Å². The van der Waals surface area contributed by atoms with Crippen LogP contribution in [0.15, 0.2) is 21.6 Å². The molecular formula is C13H23BrN4O2S. The second-order valence-electron chi connectivity index (χ2n) is 5.02. The Morgan fingerprint density at radius 1 is 1.38 bits per heavy atom. The van der Waals surface area contributed by atoms with Crippen molar-refractivity contribution in [3.63, 3.8) is 0 Å². The molecule has 1 aromatic heterocycles. The number of hydrazine groups is 1. The van der Waals surface area contributed by atoms with Gasteiger partial charge in [-0.2, -0.15) is 0 Å². The van der Waals surface area contributed by atoms with E-state index in [1.165, 1.54) is 18.7 Å². The molecule has 8 heteroatoms. The van der Waals surface area contributed by atoms with E-state index in [0.29, 0.717) is 4.47 Å². The Bertz CT molecular complexity index is 551. The summed E-state index contributed by atoms with van der Waals surface area (Å²) in [4.78, 5) is 4.00. The highest BCUT2D eigenvalue weighted by molar-refractivity contribution is 9.10. The van der Waals surface area contributed by atoms with Crippen molar-refractivity contribution in [1.82, 2.24) is 9.71 Å². The standard InChI is InChI=1S/C13H23BrN4O2S/c1-3-4-5-6-7-10(2)18-21(19,20)12-8-11(14)9-16-13(12)17-15/h8-10,18H,3-7,15H2,1-2H3,(H,16,17). The zero-order valence-corrected chi connectivity index (χ0v) is 14.8. The Labute approximate surface area is 135 Å². The molecule has 1 rings (SSSR count). The third-order valence-corrected chi connectivity index (χ3v) is 5.13. The molecule has 0 radical (unpaired) electrons. The smallest absolute Gasteiger partial charge is 0.244 e. The van der Waals surface area contributed by atoms with Gasteiger partial charge in [-0.1, -0.05) is 32.6 Å². The summed E-state index contributed by atoms with van der Waals surface area (Å²) < 4.78 is 28.0. The number of rotatable bonds is 9. The lowest BCUT2D eigenvalue weighted by atomic mass is 10.1. The summed E-state index contributed by atoms with van der Waals surface area (Å²) in [6.07, 6.45) is 6.77. The van der Waals surface area contributed by atoms with Gasteiger partial charge >= 0.3 is 0 Å². The molecule has 120 valence electrons. The molecule has 0 bridgehead atoms. The zero-order valence-electron chi connectivity index (χ0n) is 12.4. The monoisotopic (exact) mass is 378 g/mol. The zero-order chi connectivity index (χ0) is 15.9. The highest BCUT2D eigenvalue weighted by Gasteiger charge is 2.22. The molecule has 21 heavy (non-hydrogen) atoms. The number of hydrogen-bond acceptors (Lipinski definition) is 5. The Morgan fingerprint density at radius 3 is 2.71 bits per heavy atom. The molecule has 6 nitrogen and oxygen atoms in total. The molecule has 4 N–H and O–H groups in total. The van der Waals surface area contributed by atoms with E-state index in [4.69, 9.17) is 5.84 Å². The number of halogens is 1. The minimum atomic E-state index is -3.65. The van der Waals surface area contributed by atoms with Crippen LogP contribution in [0.2, 0.25) is 0 Å². The minimum Gasteiger partial charge on any atom is -0.307 e. The number of nitrogen functional groups attached to an aromatic ring is 1. The van der Waals surface area contributed by atoms with Crippen molar-refractivity contribution in [3.05, 3.63) is 16.7 Å². The van der Waals surface area contributed by atoms with Crippen LogP contribution in [0.4, 0.5) is 5.82 Å². The Kier molecular flexibility index (Phi) is 7.58. The molecule has 0 fully saturated rings. The Hall–Kier alpha value is -0.700. The average Bonchev–Trinajstić information content (AvgIpc) is 2.43. The average molecular weight is 379 g/mol. The lowest BCUT2D eigenvalue weighted by molar-refractivity contribution is 0.522. The van der Waals surface area contributed by atoms with Gasteiger partial charge in [0.15, 0.2) is 5.82 Å². The van der Waals surface area contributed by atoms with E-state index in [2.05, 4.69) is 38.0 Å². The summed E-state index contributed by atoms with van der Waals surface area (Å²) in [5.74, 6) is 5.45. The molecule has 1 aromatic rings. The molecule has 0 amide bonds. The van der Waals surface area contributed by atoms with Crippen LogP contribution in [0.1, 0.15) is 46.0 Å². The molecule has 0 aliphatic carbocycles. The van der Waals surface area contributed by atoms with Crippen molar-refractivity contribution in [2.24, 2.45) is 5.84 Å². The normalized spacial score (nSPS) is 13.1. The summed E-state index contributed by atoms with van der Waals surface area (Å²) in [6, 6.07) is 1.35. The fourth-order valence-corrected chi connectivity index (χ4v) is 3.90. The van der Waals surface area contributed by atoms with Crippen LogP contribution in [0.3, 0.4) is 0 Å². The SMILES string of the molecule is CCCCCCC(C)NS(=O)(=O)c1cc(Br)cnc1NN. The summed E-state index contributed by atoms with van der Waals surface area (Å²) in [6.45, 7) is 4.01. The largest absolute Gasteiger partial charge is 0.307 e. The summed E-state index contributed by atoms with van der Waals surface area (Å²) in [5, 5.41) is 0. The maximum absolute atomic E-state index is 12.4. The van der Waals surface area contributed by atoms with E-state index in [-0.39, 0.29) is 16.8 Å². The van der Waals surface area contributed by atoms with Crippen molar-refractivity contribution in [1.29, 1.82) is 0 Å². The number of unbranched alkanes of at least 4 members (excludes halogenated alkanes) is 3. The van der Waals surface area contributed by atoms with Crippen LogP contribution < -0.4 is 16.0 Å². The van der Waals surface area contributed by atoms with Gasteiger partial charge < -0.3 is 5.43 Å². The van der Waals surface area contributed by atoms with Gasteiger partial charge in [0, 0.05) is 16.7 Å². The minimum absolute atomic E-state index is 0.0415. The highest BCUT2D eigenvalue weighted by atomic mass is 79.9. The fourth-order valence-electron chi connectivity index (χ4n) is 2.00. The third kappa shape index (κ3) is 5.90. The van der Waals surface area contributed by atoms with Gasteiger partial charge in [-0.25, -0.2) is 24.0 Å². The quantitative estimate of drug-likeness (QED) is 0.348. The first-order valence-electron chi connectivity index (χ1n) is 7.05. The van der Waals surface area contributed by atoms with Crippen molar-refractivity contribution >= 4 is 31.8 Å². The second kappa shape index (κ2) is 8.67. The van der Waals surface area contributed by atoms with Crippen LogP contribution in [0.25, 0.3) is 0 Å². The van der Waals surface area contributed by atoms with Gasteiger partial charge in [-0.15, -0.1) is 0 Å². The molecule has 0 saturated carbocycles. The van der Waals surface area contributed by atoms with E-state index in [0.717, 1.165) is 25.7 Å². The van der Waals surface area contributed by atoms with Crippen molar-refractivity contribution in [2.75, 3.05) is 5.43 Å². The first-order chi connectivity index (χ1) is 9.90. The van der Waals surface area contributed by atoms with E-state index in [1.54, 1.807) is 0 Å². The number of aromatic nitrogens is 1. The molecular weight excluding hydrogens is 356 g/mol. The van der Waals surface area contributed by atoms with E-state index in [1.807, 2.05) is 6.92 Å². The topological polar surface area (TPSA) is 97.1 Å². The maximum Gasteiger partial charge on any atom is 0.244 e.